The largest absolute Gasteiger partial charge is 0.586 e. The van der Waals surface area contributed by atoms with E-state index < -0.39 is 6.29 Å². The van der Waals surface area contributed by atoms with Gasteiger partial charge in [0, 0.05) is 25.0 Å². The monoisotopic (exact) mass is 295 g/mol. The second-order valence-electron chi connectivity index (χ2n) is 5.19. The van der Waals surface area contributed by atoms with E-state index in [2.05, 4.69) is 33.6 Å². The van der Waals surface area contributed by atoms with Gasteiger partial charge in [-0.15, -0.1) is 8.78 Å². The fraction of sp³-hybridized carbons (Fsp3) is 0.357. The van der Waals surface area contributed by atoms with Crippen LogP contribution in [-0.4, -0.2) is 22.4 Å². The van der Waals surface area contributed by atoms with Crippen molar-refractivity contribution in [1.82, 2.24) is 9.55 Å². The number of anilines is 1. The lowest BCUT2D eigenvalue weighted by Crippen LogP contribution is -2.25. The highest BCUT2D eigenvalue weighted by Crippen LogP contribution is 2.42. The normalized spacial score (nSPS) is 15.5. The lowest BCUT2D eigenvalue weighted by atomic mass is 10.2. The first-order valence-corrected chi connectivity index (χ1v) is 6.62. The molecule has 112 valence electrons. The van der Waals surface area contributed by atoms with Gasteiger partial charge in [-0.1, -0.05) is 13.8 Å². The van der Waals surface area contributed by atoms with Crippen LogP contribution in [0.1, 0.15) is 13.8 Å². The highest BCUT2D eigenvalue weighted by molar-refractivity contribution is 5.53. The number of benzene rings is 1. The summed E-state index contributed by atoms with van der Waals surface area (Å²) in [6.07, 6.45) is -0.213. The van der Waals surface area contributed by atoms with Gasteiger partial charge in [0.05, 0.1) is 5.69 Å². The van der Waals surface area contributed by atoms with Gasteiger partial charge in [-0.3, -0.25) is 4.57 Å². The van der Waals surface area contributed by atoms with Crippen LogP contribution in [0, 0.1) is 5.92 Å². The molecular formula is C14H15F2N3O2. The van der Waals surface area contributed by atoms with Gasteiger partial charge in [-0.2, -0.15) is 0 Å². The summed E-state index contributed by atoms with van der Waals surface area (Å²) < 4.78 is 36.7. The summed E-state index contributed by atoms with van der Waals surface area (Å²) in [5.41, 5.74) is 0.666. The molecule has 0 spiro atoms. The molecule has 2 aromatic rings. The molecule has 0 unspecified atom stereocenters. The molecule has 1 aliphatic rings. The molecule has 3 rings (SSSR count). The topological polar surface area (TPSA) is 48.3 Å². The molecule has 0 bridgehead atoms. The molecule has 1 aromatic heterocycles. The van der Waals surface area contributed by atoms with Gasteiger partial charge in [-0.25, -0.2) is 4.98 Å². The molecule has 1 N–H and O–H groups in total. The van der Waals surface area contributed by atoms with Crippen LogP contribution in [0.15, 0.2) is 30.6 Å². The number of hydrogen-bond donors (Lipinski definition) is 1. The van der Waals surface area contributed by atoms with E-state index in [4.69, 9.17) is 0 Å². The van der Waals surface area contributed by atoms with Gasteiger partial charge in [-0.05, 0) is 18.1 Å². The minimum absolute atomic E-state index is 0.0148. The van der Waals surface area contributed by atoms with Crippen LogP contribution in [0.2, 0.25) is 0 Å². The zero-order chi connectivity index (χ0) is 15.0. The quantitative estimate of drug-likeness (QED) is 0.940. The number of alkyl halides is 2. The highest BCUT2D eigenvalue weighted by atomic mass is 19.3. The third kappa shape index (κ3) is 2.76. The minimum atomic E-state index is -3.60. The molecule has 2 heterocycles. The van der Waals surface area contributed by atoms with E-state index in [0.29, 0.717) is 17.6 Å². The Morgan fingerprint density at radius 3 is 2.81 bits per heavy atom. The molecular weight excluding hydrogens is 280 g/mol. The second-order valence-corrected chi connectivity index (χ2v) is 5.19. The summed E-state index contributed by atoms with van der Waals surface area (Å²) in [5.74, 6) is 1.15. The van der Waals surface area contributed by atoms with E-state index in [9.17, 15) is 8.78 Å². The van der Waals surface area contributed by atoms with Gasteiger partial charge in [0.25, 0.3) is 0 Å². The Morgan fingerprint density at radius 2 is 2.05 bits per heavy atom. The van der Waals surface area contributed by atoms with Gasteiger partial charge in [0.15, 0.2) is 11.5 Å². The zero-order valence-electron chi connectivity index (χ0n) is 11.6. The van der Waals surface area contributed by atoms with Crippen molar-refractivity contribution < 1.29 is 18.3 Å². The maximum atomic E-state index is 13.0. The van der Waals surface area contributed by atoms with Crippen molar-refractivity contribution in [2.45, 2.75) is 20.1 Å². The highest BCUT2D eigenvalue weighted by Gasteiger charge is 2.43. The summed E-state index contributed by atoms with van der Waals surface area (Å²) in [6, 6.07) is 4.63. The summed E-state index contributed by atoms with van der Waals surface area (Å²) in [4.78, 5) is 4.22. The van der Waals surface area contributed by atoms with Crippen molar-refractivity contribution in [3.63, 3.8) is 0 Å². The fourth-order valence-electron chi connectivity index (χ4n) is 2.03. The maximum absolute atomic E-state index is 13.0. The van der Waals surface area contributed by atoms with Crippen molar-refractivity contribution in [2.75, 3.05) is 11.9 Å². The molecule has 0 saturated heterocycles. The van der Waals surface area contributed by atoms with Gasteiger partial charge in [0.1, 0.15) is 0 Å². The molecule has 1 aromatic carbocycles. The standard InChI is InChI=1S/C14H15F2N3O2/c1-9(2)8-18-13-17-5-6-19(13)10-3-4-11-12(7-10)21-14(15,16)20-11/h3-7,9H,8H2,1-2H3,(H,17,18). The van der Waals surface area contributed by atoms with E-state index in [1.165, 1.54) is 12.1 Å². The summed E-state index contributed by atoms with van der Waals surface area (Å²) in [7, 11) is 0. The van der Waals surface area contributed by atoms with Crippen LogP contribution in [0.4, 0.5) is 14.7 Å². The number of halogens is 2. The first-order valence-electron chi connectivity index (χ1n) is 6.62. The Kier molecular flexibility index (Phi) is 3.19. The minimum Gasteiger partial charge on any atom is -0.395 e. The Morgan fingerprint density at radius 1 is 1.29 bits per heavy atom. The number of ether oxygens (including phenoxy) is 2. The predicted octanol–water partition coefficient (Wildman–Crippen LogP) is 3.26. The summed E-state index contributed by atoms with van der Waals surface area (Å²) in [5, 5.41) is 3.21. The molecule has 1 aliphatic heterocycles. The predicted molar refractivity (Wildman–Crippen MR) is 73.1 cm³/mol. The number of imidazole rings is 1. The van der Waals surface area contributed by atoms with Crippen molar-refractivity contribution in [3.8, 4) is 17.2 Å². The number of aromatic nitrogens is 2. The second kappa shape index (κ2) is 4.91. The molecule has 7 heteroatoms. The van der Waals surface area contributed by atoms with E-state index in [-0.39, 0.29) is 11.5 Å². The van der Waals surface area contributed by atoms with Crippen LogP contribution in [0.5, 0.6) is 11.5 Å². The molecule has 5 nitrogen and oxygen atoms in total. The van der Waals surface area contributed by atoms with Crippen LogP contribution in [0.3, 0.4) is 0 Å². The van der Waals surface area contributed by atoms with Crippen LogP contribution in [-0.2, 0) is 0 Å². The fourth-order valence-corrected chi connectivity index (χ4v) is 2.03. The van der Waals surface area contributed by atoms with E-state index in [1.807, 2.05) is 0 Å². The summed E-state index contributed by atoms with van der Waals surface area (Å²) in [6.45, 7) is 4.94. The van der Waals surface area contributed by atoms with E-state index >= 15 is 0 Å². The lowest BCUT2D eigenvalue weighted by molar-refractivity contribution is -0.286. The maximum Gasteiger partial charge on any atom is 0.586 e. The number of rotatable bonds is 4. The molecule has 0 fully saturated rings. The Bertz CT molecular complexity index is 655. The third-order valence-corrected chi connectivity index (χ3v) is 2.97. The van der Waals surface area contributed by atoms with E-state index in [0.717, 1.165) is 6.54 Å². The van der Waals surface area contributed by atoms with Gasteiger partial charge < -0.3 is 14.8 Å². The molecule has 0 radical (unpaired) electrons. The first-order chi connectivity index (χ1) is 9.94. The van der Waals surface area contributed by atoms with E-state index in [1.54, 1.807) is 23.0 Å². The van der Waals surface area contributed by atoms with Crippen molar-refractivity contribution in [1.29, 1.82) is 0 Å². The van der Waals surface area contributed by atoms with Crippen molar-refractivity contribution >= 4 is 5.95 Å². The Hall–Kier alpha value is -2.31. The number of fused-ring (bicyclic) bond motifs is 1. The average Bonchev–Trinajstić information content (AvgIpc) is 2.96. The van der Waals surface area contributed by atoms with Crippen molar-refractivity contribution in [2.24, 2.45) is 5.92 Å². The van der Waals surface area contributed by atoms with Gasteiger partial charge in [0.2, 0.25) is 5.95 Å². The van der Waals surface area contributed by atoms with Crippen molar-refractivity contribution in [3.05, 3.63) is 30.6 Å². The average molecular weight is 295 g/mol. The van der Waals surface area contributed by atoms with Crippen LogP contribution in [0.25, 0.3) is 5.69 Å². The SMILES string of the molecule is CC(C)CNc1nccn1-c1ccc2c(c1)OC(F)(F)O2. The van der Waals surface area contributed by atoms with Crippen LogP contribution >= 0.6 is 0 Å². The Balaban J connectivity index is 1.88. The molecule has 0 atom stereocenters. The van der Waals surface area contributed by atoms with Crippen LogP contribution < -0.4 is 14.8 Å². The summed E-state index contributed by atoms with van der Waals surface area (Å²) >= 11 is 0. The third-order valence-electron chi connectivity index (χ3n) is 2.97. The molecule has 0 saturated carbocycles. The number of hydrogen-bond acceptors (Lipinski definition) is 4. The molecule has 21 heavy (non-hydrogen) atoms. The smallest absolute Gasteiger partial charge is 0.395 e. The number of nitrogens with one attached hydrogen (secondary N) is 1. The molecule has 0 aliphatic carbocycles. The first kappa shape index (κ1) is 13.7. The lowest BCUT2D eigenvalue weighted by Gasteiger charge is -2.11. The van der Waals surface area contributed by atoms with Gasteiger partial charge >= 0.3 is 6.29 Å². The number of nitrogens with zero attached hydrogens (tertiary/aromatic N) is 2. The zero-order valence-corrected chi connectivity index (χ0v) is 11.6. The Labute approximate surface area is 120 Å². The molecule has 0 amide bonds.